The molecule has 3 aromatic rings. The van der Waals surface area contributed by atoms with E-state index in [0.29, 0.717) is 0 Å². The third kappa shape index (κ3) is 4.17. The molecule has 0 fully saturated rings. The van der Waals surface area contributed by atoms with Crippen LogP contribution in [0.25, 0.3) is 10.6 Å². The zero-order valence-electron chi connectivity index (χ0n) is 15.1. The van der Waals surface area contributed by atoms with Gasteiger partial charge in [0, 0.05) is 18.0 Å². The van der Waals surface area contributed by atoms with E-state index in [4.69, 9.17) is 0 Å². The third-order valence-corrected chi connectivity index (χ3v) is 5.45. The van der Waals surface area contributed by atoms with Gasteiger partial charge in [-0.25, -0.2) is 9.37 Å². The first-order valence-electron chi connectivity index (χ1n) is 8.46. The Balaban J connectivity index is 1.67. The second-order valence-electron chi connectivity index (χ2n) is 6.42. The predicted molar refractivity (Wildman–Crippen MR) is 104 cm³/mol. The van der Waals surface area contributed by atoms with E-state index in [9.17, 15) is 9.18 Å². The van der Waals surface area contributed by atoms with Gasteiger partial charge in [0.25, 0.3) is 0 Å². The molecule has 1 amide bonds. The van der Waals surface area contributed by atoms with Crippen molar-refractivity contribution in [3.63, 3.8) is 0 Å². The van der Waals surface area contributed by atoms with E-state index < -0.39 is 0 Å². The second-order valence-corrected chi connectivity index (χ2v) is 7.28. The van der Waals surface area contributed by atoms with Crippen molar-refractivity contribution in [3.8, 4) is 10.6 Å². The molecule has 3 rings (SSSR count). The van der Waals surface area contributed by atoms with Crippen LogP contribution in [-0.4, -0.2) is 22.8 Å². The van der Waals surface area contributed by atoms with Gasteiger partial charge in [-0.1, -0.05) is 42.0 Å². The Hall–Kier alpha value is -2.53. The maximum Gasteiger partial charge on any atom is 0.228 e. The number of carbonyl (C=O) groups excluding carboxylic acids is 1. The summed E-state index contributed by atoms with van der Waals surface area (Å²) in [7, 11) is 1.77. The van der Waals surface area contributed by atoms with E-state index in [0.717, 1.165) is 21.8 Å². The van der Waals surface area contributed by atoms with Crippen LogP contribution >= 0.6 is 11.3 Å². The van der Waals surface area contributed by atoms with Gasteiger partial charge in [0.1, 0.15) is 10.8 Å². The van der Waals surface area contributed by atoms with Crippen LogP contribution in [0, 0.1) is 12.7 Å². The number of likely N-dealkylation sites (N-methyl/N-ethyl adjacent to an activating group) is 1. The zero-order chi connectivity index (χ0) is 18.7. The fraction of sp³-hybridized carbons (Fsp3) is 0.238. The highest BCUT2D eigenvalue weighted by molar-refractivity contribution is 7.13. The summed E-state index contributed by atoms with van der Waals surface area (Å²) in [6.07, 6.45) is 0.254. The summed E-state index contributed by atoms with van der Waals surface area (Å²) >= 11 is 1.55. The molecule has 1 aromatic heterocycles. The lowest BCUT2D eigenvalue weighted by Gasteiger charge is -2.25. The summed E-state index contributed by atoms with van der Waals surface area (Å²) in [6, 6.07) is 14.3. The number of hydrogen-bond acceptors (Lipinski definition) is 3. The van der Waals surface area contributed by atoms with Crippen LogP contribution in [0.1, 0.15) is 29.8 Å². The molecule has 0 bridgehead atoms. The minimum atomic E-state index is -0.277. The molecule has 2 aromatic carbocycles. The predicted octanol–water partition coefficient (Wildman–Crippen LogP) is 5.02. The van der Waals surface area contributed by atoms with Gasteiger partial charge in [0.05, 0.1) is 18.2 Å². The molecule has 0 spiro atoms. The van der Waals surface area contributed by atoms with Gasteiger partial charge >= 0.3 is 0 Å². The first-order valence-corrected chi connectivity index (χ1v) is 9.34. The molecule has 0 saturated heterocycles. The number of thiazole rings is 1. The van der Waals surface area contributed by atoms with Gasteiger partial charge in [-0.2, -0.15) is 0 Å². The lowest BCUT2D eigenvalue weighted by Crippen LogP contribution is -2.31. The highest BCUT2D eigenvalue weighted by Crippen LogP contribution is 2.25. The second kappa shape index (κ2) is 7.79. The van der Waals surface area contributed by atoms with Gasteiger partial charge in [-0.05, 0) is 31.5 Å². The van der Waals surface area contributed by atoms with Crippen molar-refractivity contribution in [2.24, 2.45) is 0 Å². The molecule has 0 N–H and O–H groups in total. The van der Waals surface area contributed by atoms with Crippen molar-refractivity contribution in [2.45, 2.75) is 26.3 Å². The normalized spacial score (nSPS) is 12.0. The number of hydrogen-bond donors (Lipinski definition) is 0. The minimum Gasteiger partial charge on any atom is -0.339 e. The molecule has 0 aliphatic rings. The highest BCUT2D eigenvalue weighted by Gasteiger charge is 2.19. The van der Waals surface area contributed by atoms with Crippen molar-refractivity contribution in [2.75, 3.05) is 7.05 Å². The van der Waals surface area contributed by atoms with E-state index in [1.165, 1.54) is 17.7 Å². The fourth-order valence-corrected chi connectivity index (χ4v) is 3.50. The third-order valence-electron chi connectivity index (χ3n) is 4.51. The summed E-state index contributed by atoms with van der Waals surface area (Å²) < 4.78 is 13.1. The van der Waals surface area contributed by atoms with Crippen molar-refractivity contribution < 1.29 is 9.18 Å². The van der Waals surface area contributed by atoms with Crippen LogP contribution in [-0.2, 0) is 11.2 Å². The Morgan fingerprint density at radius 2 is 1.81 bits per heavy atom. The van der Waals surface area contributed by atoms with E-state index in [1.54, 1.807) is 35.4 Å². The maximum atomic E-state index is 13.1. The average Bonchev–Trinajstić information content (AvgIpc) is 3.10. The number of aromatic nitrogens is 1. The van der Waals surface area contributed by atoms with Gasteiger partial charge in [-0.15, -0.1) is 11.3 Å². The molecule has 1 heterocycles. The molecule has 134 valence electrons. The summed E-state index contributed by atoms with van der Waals surface area (Å²) in [5.74, 6) is -0.288. The van der Waals surface area contributed by atoms with Crippen LogP contribution in [0.3, 0.4) is 0 Å². The van der Waals surface area contributed by atoms with Gasteiger partial charge < -0.3 is 4.90 Å². The van der Waals surface area contributed by atoms with E-state index in [1.807, 2.05) is 31.4 Å². The number of aryl methyl sites for hydroxylation is 1. The first kappa shape index (κ1) is 18.3. The molecule has 1 atom stereocenters. The number of halogens is 1. The Morgan fingerprint density at radius 1 is 1.15 bits per heavy atom. The number of nitrogens with zero attached hydrogens (tertiary/aromatic N) is 2. The summed E-state index contributed by atoms with van der Waals surface area (Å²) in [6.45, 7) is 3.98. The standard InChI is InChI=1S/C21H21FN2OS/c1-14-4-6-17(7-5-14)21-23-19(13-26-21)12-20(25)24(3)15(2)16-8-10-18(22)11-9-16/h4-11,13,15H,12H2,1-3H3. The average molecular weight is 368 g/mol. The Morgan fingerprint density at radius 3 is 2.46 bits per heavy atom. The number of amides is 1. The Bertz CT molecular complexity index is 887. The van der Waals surface area contributed by atoms with Gasteiger partial charge in [-0.3, -0.25) is 4.79 Å². The smallest absolute Gasteiger partial charge is 0.228 e. The molecular formula is C21H21FN2OS. The molecule has 1 unspecified atom stereocenters. The number of rotatable bonds is 5. The molecule has 0 saturated carbocycles. The molecule has 0 aliphatic heterocycles. The topological polar surface area (TPSA) is 33.2 Å². The fourth-order valence-electron chi connectivity index (χ4n) is 2.68. The van der Waals surface area contributed by atoms with Crippen LogP contribution in [0.2, 0.25) is 0 Å². The minimum absolute atomic E-state index is 0.0115. The van der Waals surface area contributed by atoms with Gasteiger partial charge in [0.15, 0.2) is 0 Å². The zero-order valence-corrected chi connectivity index (χ0v) is 15.9. The van der Waals surface area contributed by atoms with Crippen molar-refractivity contribution in [1.82, 2.24) is 9.88 Å². The molecule has 26 heavy (non-hydrogen) atoms. The maximum absolute atomic E-state index is 13.1. The number of benzene rings is 2. The summed E-state index contributed by atoms with van der Waals surface area (Å²) in [5.41, 5.74) is 3.94. The van der Waals surface area contributed by atoms with E-state index in [-0.39, 0.29) is 24.2 Å². The van der Waals surface area contributed by atoms with E-state index >= 15 is 0 Å². The molecule has 5 heteroatoms. The van der Waals surface area contributed by atoms with Crippen LogP contribution in [0.5, 0.6) is 0 Å². The highest BCUT2D eigenvalue weighted by atomic mass is 32.1. The molecular weight excluding hydrogens is 347 g/mol. The van der Waals surface area contributed by atoms with E-state index in [2.05, 4.69) is 17.1 Å². The Labute approximate surface area is 157 Å². The lowest BCUT2D eigenvalue weighted by atomic mass is 10.1. The summed E-state index contributed by atoms with van der Waals surface area (Å²) in [4.78, 5) is 18.9. The molecule has 0 radical (unpaired) electrons. The monoisotopic (exact) mass is 368 g/mol. The summed E-state index contributed by atoms with van der Waals surface area (Å²) in [5, 5.41) is 2.85. The quantitative estimate of drug-likeness (QED) is 0.633. The van der Waals surface area contributed by atoms with Crippen molar-refractivity contribution >= 4 is 17.2 Å². The SMILES string of the molecule is Cc1ccc(-c2nc(CC(=O)N(C)C(C)c3ccc(F)cc3)cs2)cc1. The van der Waals surface area contributed by atoms with Crippen molar-refractivity contribution in [3.05, 3.63) is 76.5 Å². The van der Waals surface area contributed by atoms with Crippen LogP contribution in [0.15, 0.2) is 53.9 Å². The first-order chi connectivity index (χ1) is 12.4. The van der Waals surface area contributed by atoms with Crippen molar-refractivity contribution in [1.29, 1.82) is 0 Å². The molecule has 3 nitrogen and oxygen atoms in total. The lowest BCUT2D eigenvalue weighted by molar-refractivity contribution is -0.131. The van der Waals surface area contributed by atoms with Crippen LogP contribution in [0.4, 0.5) is 4.39 Å². The Kier molecular flexibility index (Phi) is 5.47. The van der Waals surface area contributed by atoms with Gasteiger partial charge in [0.2, 0.25) is 5.91 Å². The molecule has 0 aliphatic carbocycles. The largest absolute Gasteiger partial charge is 0.339 e. The number of carbonyl (C=O) groups is 1. The van der Waals surface area contributed by atoms with Crippen LogP contribution < -0.4 is 0 Å².